The number of carbonyl (C=O) groups is 1. The van der Waals surface area contributed by atoms with E-state index < -0.39 is 38.9 Å². The molecule has 1 aliphatic rings. The Morgan fingerprint density at radius 2 is 1.86 bits per heavy atom. The Bertz CT molecular complexity index is 1250. The number of hydrogen-bond donors (Lipinski definition) is 1. The molecule has 3 aromatic rings. The number of nitrogens with zero attached hydrogens (tertiary/aromatic N) is 2. The predicted octanol–water partition coefficient (Wildman–Crippen LogP) is 3.03. The monoisotopic (exact) mass is 401 g/mol. The molecule has 0 aromatic heterocycles. The largest absolute Gasteiger partial charge is 0.319 e. The average Bonchev–Trinajstić information content (AvgIpc) is 2.86. The summed E-state index contributed by atoms with van der Waals surface area (Å²) < 4.78 is 39.9. The standard InChI is InChI=1S/C18H12FN3O5S/c19-12-7-8-13(15(9-12)22(24)25)20-17(23)10-21-14-5-1-3-11-4-2-6-16(18(11)14)28(21,26)27/h1-9H,10H2,(H,20,23). The lowest BCUT2D eigenvalue weighted by Gasteiger charge is -2.18. The molecule has 0 fully saturated rings. The van der Waals surface area contributed by atoms with Crippen molar-refractivity contribution in [2.24, 2.45) is 0 Å². The van der Waals surface area contributed by atoms with Crippen molar-refractivity contribution in [2.75, 3.05) is 16.2 Å². The summed E-state index contributed by atoms with van der Waals surface area (Å²) >= 11 is 0. The first kappa shape index (κ1) is 17.9. The van der Waals surface area contributed by atoms with E-state index in [0.717, 1.165) is 21.8 Å². The first-order valence-corrected chi connectivity index (χ1v) is 9.51. The molecule has 1 N–H and O–H groups in total. The summed E-state index contributed by atoms with van der Waals surface area (Å²) in [6.07, 6.45) is 0. The van der Waals surface area contributed by atoms with Crippen molar-refractivity contribution >= 4 is 43.8 Å². The summed E-state index contributed by atoms with van der Waals surface area (Å²) in [7, 11) is -3.94. The second kappa shape index (κ2) is 6.27. The number of sulfonamides is 1. The molecule has 0 saturated heterocycles. The van der Waals surface area contributed by atoms with Crippen LogP contribution >= 0.6 is 0 Å². The number of benzene rings is 3. The number of nitrogens with one attached hydrogen (secondary N) is 1. The Labute approximate surface area is 158 Å². The summed E-state index contributed by atoms with van der Waals surface area (Å²) in [5.41, 5.74) is -0.483. The number of nitro groups is 1. The van der Waals surface area contributed by atoms with Gasteiger partial charge in [-0.1, -0.05) is 24.3 Å². The lowest BCUT2D eigenvalue weighted by Crippen LogP contribution is -2.35. The topological polar surface area (TPSA) is 110 Å². The number of nitro benzene ring substituents is 1. The van der Waals surface area contributed by atoms with Gasteiger partial charge in [0, 0.05) is 5.39 Å². The van der Waals surface area contributed by atoms with Crippen LogP contribution in [0.3, 0.4) is 0 Å². The normalized spacial score (nSPS) is 14.2. The molecule has 0 spiro atoms. The van der Waals surface area contributed by atoms with Crippen molar-refractivity contribution in [1.29, 1.82) is 0 Å². The molecule has 0 saturated carbocycles. The van der Waals surface area contributed by atoms with Gasteiger partial charge in [0.1, 0.15) is 18.0 Å². The maximum Gasteiger partial charge on any atom is 0.295 e. The highest BCUT2D eigenvalue weighted by atomic mass is 32.2. The number of rotatable bonds is 4. The van der Waals surface area contributed by atoms with Crippen LogP contribution in [-0.2, 0) is 14.8 Å². The highest BCUT2D eigenvalue weighted by Crippen LogP contribution is 2.41. The van der Waals surface area contributed by atoms with Crippen LogP contribution in [0.4, 0.5) is 21.5 Å². The minimum absolute atomic E-state index is 0.0983. The van der Waals surface area contributed by atoms with Gasteiger partial charge in [0.25, 0.3) is 15.7 Å². The Hall–Kier alpha value is -3.53. The van der Waals surface area contributed by atoms with Gasteiger partial charge >= 0.3 is 0 Å². The molecular formula is C18H12FN3O5S. The fourth-order valence-electron chi connectivity index (χ4n) is 3.21. The van der Waals surface area contributed by atoms with Gasteiger partial charge in [-0.25, -0.2) is 12.8 Å². The highest BCUT2D eigenvalue weighted by Gasteiger charge is 2.36. The molecule has 0 atom stereocenters. The molecule has 10 heteroatoms. The maximum absolute atomic E-state index is 13.2. The van der Waals surface area contributed by atoms with Gasteiger partial charge in [-0.05, 0) is 29.7 Å². The summed E-state index contributed by atoms with van der Waals surface area (Å²) in [4.78, 5) is 22.8. The first-order valence-electron chi connectivity index (χ1n) is 8.07. The molecule has 8 nitrogen and oxygen atoms in total. The summed E-state index contributed by atoms with van der Waals surface area (Å²) in [6.45, 7) is -0.579. The van der Waals surface area contributed by atoms with Crippen LogP contribution in [0.1, 0.15) is 0 Å². The van der Waals surface area contributed by atoms with E-state index in [4.69, 9.17) is 0 Å². The van der Waals surface area contributed by atoms with Gasteiger partial charge in [-0.3, -0.25) is 19.2 Å². The van der Waals surface area contributed by atoms with Gasteiger partial charge in [0.05, 0.1) is 21.6 Å². The van der Waals surface area contributed by atoms with Crippen molar-refractivity contribution in [3.8, 4) is 0 Å². The molecule has 3 aromatic carbocycles. The van der Waals surface area contributed by atoms with Crippen LogP contribution in [0.25, 0.3) is 10.8 Å². The maximum atomic E-state index is 13.2. The molecule has 1 heterocycles. The second-order valence-corrected chi connectivity index (χ2v) is 7.94. The van der Waals surface area contributed by atoms with Gasteiger partial charge in [0.15, 0.2) is 0 Å². The SMILES string of the molecule is O=C(CN1c2cccc3cccc(c23)S1(=O)=O)Nc1ccc(F)cc1[N+](=O)[O-]. The summed E-state index contributed by atoms with van der Waals surface area (Å²) in [6, 6.07) is 12.6. The van der Waals surface area contributed by atoms with E-state index in [1.807, 2.05) is 0 Å². The third-order valence-electron chi connectivity index (χ3n) is 4.40. The Morgan fingerprint density at radius 3 is 2.57 bits per heavy atom. The predicted molar refractivity (Wildman–Crippen MR) is 100 cm³/mol. The molecule has 0 unspecified atom stereocenters. The minimum Gasteiger partial charge on any atom is -0.319 e. The molecule has 142 valence electrons. The lowest BCUT2D eigenvalue weighted by molar-refractivity contribution is -0.384. The minimum atomic E-state index is -3.94. The molecule has 0 aliphatic carbocycles. The van der Waals surface area contributed by atoms with Crippen LogP contribution in [-0.4, -0.2) is 25.8 Å². The van der Waals surface area contributed by atoms with E-state index >= 15 is 0 Å². The molecule has 1 aliphatic heterocycles. The van der Waals surface area contributed by atoms with Crippen LogP contribution < -0.4 is 9.62 Å². The molecule has 0 radical (unpaired) electrons. The Kier molecular flexibility index (Phi) is 4.00. The van der Waals surface area contributed by atoms with E-state index in [2.05, 4.69) is 5.32 Å². The van der Waals surface area contributed by atoms with Crippen molar-refractivity contribution < 1.29 is 22.5 Å². The fraction of sp³-hybridized carbons (Fsp3) is 0.0556. The van der Waals surface area contributed by atoms with E-state index in [9.17, 15) is 27.7 Å². The van der Waals surface area contributed by atoms with Gasteiger partial charge in [0.2, 0.25) is 5.91 Å². The van der Waals surface area contributed by atoms with Crippen LogP contribution in [0.5, 0.6) is 0 Å². The summed E-state index contributed by atoms with van der Waals surface area (Å²) in [5.74, 6) is -1.61. The number of hydrogen-bond acceptors (Lipinski definition) is 5. The number of carbonyl (C=O) groups excluding carboxylic acids is 1. The average molecular weight is 401 g/mol. The number of anilines is 2. The third kappa shape index (κ3) is 2.74. The van der Waals surface area contributed by atoms with Crippen molar-refractivity contribution in [1.82, 2.24) is 0 Å². The van der Waals surface area contributed by atoms with Crippen LogP contribution in [0.15, 0.2) is 59.5 Å². The molecule has 28 heavy (non-hydrogen) atoms. The van der Waals surface area contributed by atoms with Gasteiger partial charge < -0.3 is 5.32 Å². The Balaban J connectivity index is 1.67. The quantitative estimate of drug-likeness (QED) is 0.534. The first-order chi connectivity index (χ1) is 13.3. The smallest absolute Gasteiger partial charge is 0.295 e. The van der Waals surface area contributed by atoms with Crippen LogP contribution in [0.2, 0.25) is 0 Å². The van der Waals surface area contributed by atoms with Gasteiger partial charge in [-0.15, -0.1) is 0 Å². The third-order valence-corrected chi connectivity index (χ3v) is 6.20. The Morgan fingerprint density at radius 1 is 1.14 bits per heavy atom. The van der Waals surface area contributed by atoms with E-state index in [0.29, 0.717) is 17.1 Å². The van der Waals surface area contributed by atoms with Crippen molar-refractivity contribution in [3.05, 3.63) is 70.5 Å². The zero-order chi connectivity index (χ0) is 20.1. The summed E-state index contributed by atoms with van der Waals surface area (Å²) in [5, 5.41) is 14.6. The number of amides is 1. The van der Waals surface area contributed by atoms with Crippen molar-refractivity contribution in [3.63, 3.8) is 0 Å². The van der Waals surface area contributed by atoms with Crippen LogP contribution in [0, 0.1) is 15.9 Å². The molecule has 1 amide bonds. The fourth-order valence-corrected chi connectivity index (χ4v) is 4.88. The molecular weight excluding hydrogens is 389 g/mol. The zero-order valence-corrected chi connectivity index (χ0v) is 14.9. The van der Waals surface area contributed by atoms with E-state index in [1.165, 1.54) is 6.07 Å². The highest BCUT2D eigenvalue weighted by molar-refractivity contribution is 7.93. The molecule has 4 rings (SSSR count). The van der Waals surface area contributed by atoms with E-state index in [1.54, 1.807) is 30.3 Å². The molecule has 0 bridgehead atoms. The zero-order valence-electron chi connectivity index (χ0n) is 14.1. The lowest BCUT2D eigenvalue weighted by atomic mass is 10.1. The van der Waals surface area contributed by atoms with Crippen molar-refractivity contribution in [2.45, 2.75) is 4.90 Å². The second-order valence-electron chi connectivity index (χ2n) is 6.11. The van der Waals surface area contributed by atoms with E-state index in [-0.39, 0.29) is 10.6 Å². The number of halogens is 1. The van der Waals surface area contributed by atoms with Gasteiger partial charge in [-0.2, -0.15) is 0 Å².